The zero-order chi connectivity index (χ0) is 18.7. The Hall–Kier alpha value is -2.73. The molecule has 3 aromatic rings. The Kier molecular flexibility index (Phi) is 5.32. The van der Waals surface area contributed by atoms with Crippen molar-refractivity contribution in [2.24, 2.45) is 0 Å². The van der Waals surface area contributed by atoms with Crippen LogP contribution in [0.3, 0.4) is 0 Å². The van der Waals surface area contributed by atoms with Gasteiger partial charge in [0.05, 0.1) is 23.9 Å². The highest BCUT2D eigenvalue weighted by atomic mass is 32.2. The standard InChI is InChI=1S/C20H20N2O3S/c1-26(2)14-16(23)13-22-20(25)18-11-7-6-10-17(18)19(24)21(22)12-15-8-4-3-5-9-15/h3-11,14H,12-13H2,1-2H3/b16-14-. The number of hydrogen-bond donors (Lipinski definition) is 0. The summed E-state index contributed by atoms with van der Waals surface area (Å²) in [5, 5.41) is 14.6. The van der Waals surface area contributed by atoms with Gasteiger partial charge in [-0.2, -0.15) is 0 Å². The van der Waals surface area contributed by atoms with E-state index in [2.05, 4.69) is 0 Å². The van der Waals surface area contributed by atoms with Crippen LogP contribution in [-0.2, 0) is 24.0 Å². The average Bonchev–Trinajstić information content (AvgIpc) is 2.63. The molecular weight excluding hydrogens is 348 g/mol. The summed E-state index contributed by atoms with van der Waals surface area (Å²) in [6.07, 6.45) is 3.86. The van der Waals surface area contributed by atoms with Crippen LogP contribution in [0, 0.1) is 0 Å². The SMILES string of the molecule is C[S+](C)/C=C(\[O-])Cn1c(=O)c2ccccc2c(=O)n1Cc1ccccc1. The molecule has 6 heteroatoms. The van der Waals surface area contributed by atoms with E-state index in [0.717, 1.165) is 5.56 Å². The maximum Gasteiger partial charge on any atom is 0.273 e. The number of nitrogens with zero attached hydrogens (tertiary/aromatic N) is 2. The van der Waals surface area contributed by atoms with Crippen LogP contribution in [0.5, 0.6) is 0 Å². The minimum Gasteiger partial charge on any atom is -0.871 e. The normalized spacial score (nSPS) is 12.0. The van der Waals surface area contributed by atoms with Crippen molar-refractivity contribution in [1.29, 1.82) is 0 Å². The molecule has 1 heterocycles. The van der Waals surface area contributed by atoms with Crippen LogP contribution in [0.4, 0.5) is 0 Å². The second-order valence-corrected chi connectivity index (χ2v) is 8.22. The molecule has 0 fully saturated rings. The van der Waals surface area contributed by atoms with E-state index in [4.69, 9.17) is 0 Å². The number of aromatic nitrogens is 2. The Morgan fingerprint density at radius 2 is 1.46 bits per heavy atom. The van der Waals surface area contributed by atoms with E-state index >= 15 is 0 Å². The number of allylic oxidation sites excluding steroid dienone is 1. The van der Waals surface area contributed by atoms with Gasteiger partial charge in [0.15, 0.2) is 0 Å². The molecule has 0 radical (unpaired) electrons. The van der Waals surface area contributed by atoms with E-state index < -0.39 is 0 Å². The van der Waals surface area contributed by atoms with Gasteiger partial charge in [0.1, 0.15) is 17.9 Å². The number of hydrogen-bond acceptors (Lipinski definition) is 3. The van der Waals surface area contributed by atoms with Crippen molar-refractivity contribution >= 4 is 21.7 Å². The van der Waals surface area contributed by atoms with Crippen molar-refractivity contribution < 1.29 is 5.11 Å². The van der Waals surface area contributed by atoms with E-state index in [1.807, 2.05) is 42.8 Å². The molecule has 0 N–H and O–H groups in total. The number of fused-ring (bicyclic) bond motifs is 1. The third-order valence-electron chi connectivity index (χ3n) is 4.00. The minimum atomic E-state index is -0.329. The maximum atomic E-state index is 13.0. The van der Waals surface area contributed by atoms with Gasteiger partial charge in [0.2, 0.25) is 0 Å². The predicted molar refractivity (Wildman–Crippen MR) is 105 cm³/mol. The van der Waals surface area contributed by atoms with Crippen LogP contribution in [0.1, 0.15) is 5.56 Å². The highest BCUT2D eigenvalue weighted by molar-refractivity contribution is 7.98. The van der Waals surface area contributed by atoms with Gasteiger partial charge in [-0.3, -0.25) is 9.59 Å². The van der Waals surface area contributed by atoms with Gasteiger partial charge >= 0.3 is 0 Å². The van der Waals surface area contributed by atoms with E-state index in [1.165, 1.54) is 9.36 Å². The van der Waals surface area contributed by atoms with Gasteiger partial charge in [0, 0.05) is 10.9 Å². The van der Waals surface area contributed by atoms with E-state index in [9.17, 15) is 14.7 Å². The second kappa shape index (κ2) is 7.66. The summed E-state index contributed by atoms with van der Waals surface area (Å²) >= 11 is 0. The Balaban J connectivity index is 2.22. The number of rotatable bonds is 5. The van der Waals surface area contributed by atoms with Gasteiger partial charge in [-0.15, -0.1) is 0 Å². The lowest BCUT2D eigenvalue weighted by atomic mass is 10.2. The molecule has 0 saturated heterocycles. The lowest BCUT2D eigenvalue weighted by Crippen LogP contribution is -2.40. The van der Waals surface area contributed by atoms with Crippen molar-refractivity contribution in [3.05, 3.63) is 92.0 Å². The van der Waals surface area contributed by atoms with Gasteiger partial charge < -0.3 is 5.11 Å². The summed E-state index contributed by atoms with van der Waals surface area (Å²) in [6.45, 7) is 0.0912. The first kappa shape index (κ1) is 18.1. The molecule has 134 valence electrons. The molecule has 0 saturated carbocycles. The van der Waals surface area contributed by atoms with Gasteiger partial charge in [-0.05, 0) is 17.7 Å². The molecule has 3 rings (SSSR count). The summed E-state index contributed by atoms with van der Waals surface area (Å²) in [5.41, 5.74) is 0.286. The Morgan fingerprint density at radius 1 is 0.923 bits per heavy atom. The Bertz CT molecular complexity index is 1070. The van der Waals surface area contributed by atoms with E-state index in [1.54, 1.807) is 29.7 Å². The van der Waals surface area contributed by atoms with E-state index in [-0.39, 0.29) is 40.9 Å². The third kappa shape index (κ3) is 3.75. The largest absolute Gasteiger partial charge is 0.871 e. The summed E-state index contributed by atoms with van der Waals surface area (Å²) in [4.78, 5) is 25.9. The third-order valence-corrected chi connectivity index (χ3v) is 4.73. The van der Waals surface area contributed by atoms with Crippen LogP contribution in [0.2, 0.25) is 0 Å². The van der Waals surface area contributed by atoms with Crippen LogP contribution in [-0.4, -0.2) is 21.9 Å². The molecule has 0 aliphatic carbocycles. The lowest BCUT2D eigenvalue weighted by Gasteiger charge is -2.19. The molecule has 0 unspecified atom stereocenters. The molecule has 0 bridgehead atoms. The fourth-order valence-electron chi connectivity index (χ4n) is 2.87. The molecule has 0 amide bonds. The van der Waals surface area contributed by atoms with Gasteiger partial charge in [-0.1, -0.05) is 48.2 Å². The highest BCUT2D eigenvalue weighted by Gasteiger charge is 2.13. The van der Waals surface area contributed by atoms with Crippen LogP contribution < -0.4 is 16.2 Å². The van der Waals surface area contributed by atoms with Crippen LogP contribution in [0.25, 0.3) is 10.8 Å². The van der Waals surface area contributed by atoms with Crippen LogP contribution in [0.15, 0.2) is 75.4 Å². The molecule has 0 aliphatic rings. The molecule has 0 atom stereocenters. The monoisotopic (exact) mass is 368 g/mol. The van der Waals surface area contributed by atoms with E-state index in [0.29, 0.717) is 10.8 Å². The Morgan fingerprint density at radius 3 is 2.04 bits per heavy atom. The van der Waals surface area contributed by atoms with Crippen molar-refractivity contribution in [2.75, 3.05) is 12.5 Å². The lowest BCUT2D eigenvalue weighted by molar-refractivity contribution is -0.308. The molecular formula is C20H20N2O3S. The highest BCUT2D eigenvalue weighted by Crippen LogP contribution is 2.07. The predicted octanol–water partition coefficient (Wildman–Crippen LogP) is 1.29. The van der Waals surface area contributed by atoms with Crippen molar-refractivity contribution in [2.45, 2.75) is 13.1 Å². The van der Waals surface area contributed by atoms with Crippen molar-refractivity contribution in [3.8, 4) is 0 Å². The molecule has 0 spiro atoms. The van der Waals surface area contributed by atoms with Gasteiger partial charge in [0.25, 0.3) is 11.1 Å². The fourth-order valence-corrected chi connectivity index (χ4v) is 3.47. The fraction of sp³-hybridized carbons (Fsp3) is 0.200. The topological polar surface area (TPSA) is 67.1 Å². The minimum absolute atomic E-state index is 0.142. The molecule has 26 heavy (non-hydrogen) atoms. The first-order valence-corrected chi connectivity index (χ1v) is 10.3. The zero-order valence-electron chi connectivity index (χ0n) is 14.7. The molecule has 5 nitrogen and oxygen atoms in total. The quantitative estimate of drug-likeness (QED) is 0.503. The zero-order valence-corrected chi connectivity index (χ0v) is 15.5. The molecule has 0 aliphatic heterocycles. The first-order chi connectivity index (χ1) is 12.5. The summed E-state index contributed by atoms with van der Waals surface area (Å²) in [5.74, 6) is -0.170. The van der Waals surface area contributed by atoms with Crippen molar-refractivity contribution in [3.63, 3.8) is 0 Å². The maximum absolute atomic E-state index is 13.0. The smallest absolute Gasteiger partial charge is 0.273 e. The van der Waals surface area contributed by atoms with Crippen molar-refractivity contribution in [1.82, 2.24) is 9.36 Å². The average molecular weight is 368 g/mol. The first-order valence-electron chi connectivity index (χ1n) is 8.18. The Labute approximate surface area is 154 Å². The summed E-state index contributed by atoms with van der Waals surface area (Å²) < 4.78 is 2.64. The second-order valence-electron chi connectivity index (χ2n) is 6.22. The van der Waals surface area contributed by atoms with Crippen LogP contribution >= 0.6 is 0 Å². The molecule has 1 aromatic heterocycles. The summed E-state index contributed by atoms with van der Waals surface area (Å²) in [6, 6.07) is 16.2. The van der Waals surface area contributed by atoms with Gasteiger partial charge in [-0.25, -0.2) is 9.36 Å². The number of benzene rings is 2. The molecule has 2 aromatic carbocycles. The summed E-state index contributed by atoms with van der Waals surface area (Å²) in [7, 11) is -0.180.